The van der Waals surface area contributed by atoms with Crippen molar-refractivity contribution < 1.29 is 40.7 Å². The van der Waals surface area contributed by atoms with Gasteiger partial charge in [-0.25, -0.2) is 22.6 Å². The molecule has 7 nitrogen and oxygen atoms in total. The zero-order valence-corrected chi connectivity index (χ0v) is 12.8. The number of carbonyl (C=O) groups excluding carboxylic acids is 1. The molecule has 1 N–H and O–H groups in total. The van der Waals surface area contributed by atoms with Crippen molar-refractivity contribution in [3.63, 3.8) is 0 Å². The maximum Gasteiger partial charge on any atom is 0.490 e. The number of hydrogen-bond acceptors (Lipinski definition) is 5. The number of aliphatic carboxylic acids is 1. The Morgan fingerprint density at radius 3 is 1.91 bits per heavy atom. The molecule has 0 radical (unpaired) electrons. The summed E-state index contributed by atoms with van der Waals surface area (Å²) in [6.45, 7) is 0.377. The molecule has 0 bridgehead atoms. The molecule has 1 fully saturated rings. The lowest BCUT2D eigenvalue weighted by Crippen LogP contribution is -2.52. The van der Waals surface area contributed by atoms with Gasteiger partial charge in [0.25, 0.3) is 11.5 Å². The molecule has 1 heterocycles. The smallest absolute Gasteiger partial charge is 0.475 e. The van der Waals surface area contributed by atoms with Crippen LogP contribution in [0.4, 0.5) is 17.6 Å². The zero-order chi connectivity index (χ0) is 17.7. The number of nitrogens with zero attached hydrogens (tertiary/aromatic N) is 2. The SMILES string of the molecule is CN(C(=O)C(F)Cl)N1CCS(=O)(=O)CC1.O=C(O)C(F)(F)F. The van der Waals surface area contributed by atoms with Gasteiger partial charge in [0.15, 0.2) is 9.84 Å². The van der Waals surface area contributed by atoms with E-state index in [9.17, 15) is 30.8 Å². The van der Waals surface area contributed by atoms with Crippen molar-refractivity contribution >= 4 is 33.3 Å². The maximum absolute atomic E-state index is 12.5. The number of hydrazine groups is 1. The first-order valence-corrected chi connectivity index (χ1v) is 7.85. The van der Waals surface area contributed by atoms with E-state index in [1.54, 1.807) is 0 Å². The zero-order valence-electron chi connectivity index (χ0n) is 11.2. The minimum absolute atomic E-state index is 0.0240. The lowest BCUT2D eigenvalue weighted by Gasteiger charge is -2.34. The predicted octanol–water partition coefficient (Wildman–Crippen LogP) is 0.258. The minimum Gasteiger partial charge on any atom is -0.475 e. The number of halogens is 5. The van der Waals surface area contributed by atoms with Crippen LogP contribution in [0.2, 0.25) is 0 Å². The van der Waals surface area contributed by atoms with Crippen LogP contribution in [0.1, 0.15) is 0 Å². The van der Waals surface area contributed by atoms with Gasteiger partial charge in [-0.3, -0.25) is 9.80 Å². The van der Waals surface area contributed by atoms with Crippen molar-refractivity contribution in [1.82, 2.24) is 10.0 Å². The van der Waals surface area contributed by atoms with Gasteiger partial charge in [-0.05, 0) is 0 Å². The van der Waals surface area contributed by atoms with Crippen LogP contribution in [-0.2, 0) is 19.4 Å². The van der Waals surface area contributed by atoms with Gasteiger partial charge >= 0.3 is 12.1 Å². The summed E-state index contributed by atoms with van der Waals surface area (Å²) < 4.78 is 66.4. The van der Waals surface area contributed by atoms with E-state index in [0.29, 0.717) is 0 Å². The van der Waals surface area contributed by atoms with Crippen LogP contribution in [0.3, 0.4) is 0 Å². The molecule has 1 saturated heterocycles. The summed E-state index contributed by atoms with van der Waals surface area (Å²) in [6, 6.07) is 0. The Morgan fingerprint density at radius 1 is 1.27 bits per heavy atom. The third kappa shape index (κ3) is 7.22. The normalized spacial score (nSPS) is 19.5. The van der Waals surface area contributed by atoms with Gasteiger partial charge in [-0.15, -0.1) is 0 Å². The Balaban J connectivity index is 0.000000534. The van der Waals surface area contributed by atoms with E-state index < -0.39 is 33.5 Å². The van der Waals surface area contributed by atoms with E-state index in [4.69, 9.17) is 21.5 Å². The van der Waals surface area contributed by atoms with Gasteiger partial charge in [0, 0.05) is 20.1 Å². The predicted molar refractivity (Wildman–Crippen MR) is 67.4 cm³/mol. The number of amides is 1. The van der Waals surface area contributed by atoms with Crippen molar-refractivity contribution in [2.45, 2.75) is 11.8 Å². The molecule has 130 valence electrons. The summed E-state index contributed by atoms with van der Waals surface area (Å²) in [4.78, 5) is 20.0. The summed E-state index contributed by atoms with van der Waals surface area (Å²) in [6.07, 6.45) is -5.08. The third-order valence-electron chi connectivity index (χ3n) is 2.49. The molecule has 1 atom stereocenters. The number of carboxylic acid groups (broad SMARTS) is 1. The summed E-state index contributed by atoms with van der Waals surface area (Å²) in [5.41, 5.74) is -2.09. The van der Waals surface area contributed by atoms with Crippen LogP contribution < -0.4 is 0 Å². The molecule has 0 aliphatic carbocycles. The molecule has 0 spiro atoms. The molecule has 1 amide bonds. The lowest BCUT2D eigenvalue weighted by molar-refractivity contribution is -0.192. The summed E-state index contributed by atoms with van der Waals surface area (Å²) >= 11 is 5.00. The Hall–Kier alpha value is -1.14. The van der Waals surface area contributed by atoms with E-state index in [-0.39, 0.29) is 24.6 Å². The lowest BCUT2D eigenvalue weighted by atomic mass is 10.5. The fourth-order valence-corrected chi connectivity index (χ4v) is 2.61. The van der Waals surface area contributed by atoms with Crippen molar-refractivity contribution in [3.05, 3.63) is 0 Å². The molecule has 22 heavy (non-hydrogen) atoms. The molecule has 13 heteroatoms. The second-order valence-corrected chi connectivity index (χ2v) is 6.76. The van der Waals surface area contributed by atoms with Crippen LogP contribution >= 0.6 is 11.6 Å². The van der Waals surface area contributed by atoms with E-state index in [2.05, 4.69) is 0 Å². The highest BCUT2D eigenvalue weighted by molar-refractivity contribution is 7.91. The van der Waals surface area contributed by atoms with E-state index in [0.717, 1.165) is 5.01 Å². The number of rotatable bonds is 2. The fourth-order valence-electron chi connectivity index (χ4n) is 1.28. The van der Waals surface area contributed by atoms with E-state index in [1.807, 2.05) is 0 Å². The van der Waals surface area contributed by atoms with Crippen molar-refractivity contribution in [3.8, 4) is 0 Å². The van der Waals surface area contributed by atoms with Crippen molar-refractivity contribution in [2.24, 2.45) is 0 Å². The van der Waals surface area contributed by atoms with E-state index in [1.165, 1.54) is 12.1 Å². The first-order valence-electron chi connectivity index (χ1n) is 5.59. The second kappa shape index (κ2) is 7.92. The first kappa shape index (κ1) is 20.9. The van der Waals surface area contributed by atoms with Crippen molar-refractivity contribution in [2.75, 3.05) is 31.6 Å². The van der Waals surface area contributed by atoms with Crippen LogP contribution in [0, 0.1) is 0 Å². The highest BCUT2D eigenvalue weighted by Crippen LogP contribution is 2.13. The summed E-state index contributed by atoms with van der Waals surface area (Å²) in [5, 5.41) is 9.63. The summed E-state index contributed by atoms with van der Waals surface area (Å²) in [5.74, 6) is -3.68. The monoisotopic (exact) mass is 372 g/mol. The fraction of sp³-hybridized carbons (Fsp3) is 0.778. The molecule has 1 rings (SSSR count). The van der Waals surface area contributed by atoms with Gasteiger partial charge in [-0.2, -0.15) is 13.2 Å². The number of sulfone groups is 1. The molecular formula is C9H13ClF4N2O5S. The topological polar surface area (TPSA) is 95.0 Å². The molecule has 1 aliphatic heterocycles. The number of alkyl halides is 5. The quantitative estimate of drug-likeness (QED) is 0.552. The van der Waals surface area contributed by atoms with Gasteiger partial charge in [0.05, 0.1) is 11.5 Å². The number of hydrogen-bond donors (Lipinski definition) is 1. The molecule has 0 aromatic rings. The van der Waals surface area contributed by atoms with Crippen LogP contribution in [0.5, 0.6) is 0 Å². The molecule has 0 saturated carbocycles. The Morgan fingerprint density at radius 2 is 1.64 bits per heavy atom. The van der Waals surface area contributed by atoms with Crippen LogP contribution in [0.25, 0.3) is 0 Å². The Kier molecular flexibility index (Phi) is 7.51. The second-order valence-electron chi connectivity index (χ2n) is 4.07. The largest absolute Gasteiger partial charge is 0.490 e. The van der Waals surface area contributed by atoms with Gasteiger partial charge in [0.2, 0.25) is 0 Å². The maximum atomic E-state index is 12.5. The highest BCUT2D eigenvalue weighted by Gasteiger charge is 2.38. The standard InChI is InChI=1S/C7H12ClFN2O3S.C2HF3O2/c1-10(7(12)6(8)9)11-2-4-15(13,14)5-3-11;3-2(4,5)1(6)7/h6H,2-5H2,1H3;(H,6,7). The molecule has 0 aromatic carbocycles. The van der Waals surface area contributed by atoms with Crippen LogP contribution in [-0.4, -0.2) is 78.9 Å². The van der Waals surface area contributed by atoms with Gasteiger partial charge in [0.1, 0.15) is 0 Å². The van der Waals surface area contributed by atoms with Crippen LogP contribution in [0.15, 0.2) is 0 Å². The average molecular weight is 373 g/mol. The summed E-state index contributed by atoms with van der Waals surface area (Å²) in [7, 11) is -1.63. The first-order chi connectivity index (χ1) is 9.78. The number of carboxylic acids is 1. The Labute approximate surface area is 128 Å². The number of carbonyl (C=O) groups is 2. The van der Waals surface area contributed by atoms with Crippen molar-refractivity contribution in [1.29, 1.82) is 0 Å². The minimum atomic E-state index is -5.08. The van der Waals surface area contributed by atoms with Gasteiger partial charge < -0.3 is 5.11 Å². The molecular weight excluding hydrogens is 360 g/mol. The van der Waals surface area contributed by atoms with E-state index >= 15 is 0 Å². The molecule has 0 aromatic heterocycles. The Bertz CT molecular complexity index is 497. The molecule has 1 unspecified atom stereocenters. The van der Waals surface area contributed by atoms with Gasteiger partial charge in [-0.1, -0.05) is 11.6 Å². The average Bonchev–Trinajstić information content (AvgIpc) is 2.36. The highest BCUT2D eigenvalue weighted by atomic mass is 35.5. The molecule has 1 aliphatic rings. The third-order valence-corrected chi connectivity index (χ3v) is 4.29.